The third kappa shape index (κ3) is 2.36. The highest BCUT2D eigenvalue weighted by atomic mass is 16.4. The number of para-hydroxylation sites is 1. The quantitative estimate of drug-likeness (QED) is 0.879. The van der Waals surface area contributed by atoms with Gasteiger partial charge < -0.3 is 9.52 Å². The van der Waals surface area contributed by atoms with Gasteiger partial charge in [-0.15, -0.1) is 0 Å². The maximum atomic E-state index is 11.1. The number of aromatic nitrogens is 1. The number of hydrogen-bond donors (Lipinski definition) is 1. The summed E-state index contributed by atoms with van der Waals surface area (Å²) < 4.78 is 5.56. The molecule has 96 valence electrons. The van der Waals surface area contributed by atoms with Crippen molar-refractivity contribution in [3.63, 3.8) is 0 Å². The van der Waals surface area contributed by atoms with Crippen LogP contribution in [-0.2, 0) is 6.54 Å². The zero-order valence-electron chi connectivity index (χ0n) is 10.5. The van der Waals surface area contributed by atoms with Crippen LogP contribution < -0.4 is 0 Å². The lowest BCUT2D eigenvalue weighted by Gasteiger charge is -2.14. The summed E-state index contributed by atoms with van der Waals surface area (Å²) in [6.07, 6.45) is 0. The van der Waals surface area contributed by atoms with E-state index in [2.05, 4.69) is 23.7 Å². The smallest absolute Gasteiger partial charge is 0.339 e. The predicted molar refractivity (Wildman–Crippen MR) is 67.6 cm³/mol. The van der Waals surface area contributed by atoms with Crippen molar-refractivity contribution in [3.05, 3.63) is 29.7 Å². The molecule has 0 amide bonds. The van der Waals surface area contributed by atoms with Gasteiger partial charge in [-0.05, 0) is 25.2 Å². The van der Waals surface area contributed by atoms with E-state index in [0.717, 1.165) is 13.1 Å². The molecule has 0 aliphatic carbocycles. The molecular weight excluding hydrogens is 232 g/mol. The van der Waals surface area contributed by atoms with Crippen LogP contribution in [0, 0.1) is 0 Å². The molecule has 0 aliphatic heterocycles. The summed E-state index contributed by atoms with van der Waals surface area (Å²) in [6.45, 7) is 6.53. The lowest BCUT2D eigenvalue weighted by molar-refractivity contribution is 0.0697. The molecule has 0 aliphatic rings. The van der Waals surface area contributed by atoms with E-state index in [1.54, 1.807) is 12.1 Å². The Hall–Kier alpha value is -1.88. The molecule has 2 aromatic rings. The number of aromatic carboxylic acids is 1. The van der Waals surface area contributed by atoms with Crippen LogP contribution in [-0.4, -0.2) is 34.0 Å². The van der Waals surface area contributed by atoms with Gasteiger partial charge in [-0.3, -0.25) is 4.90 Å². The van der Waals surface area contributed by atoms with Gasteiger partial charge in [0, 0.05) is 0 Å². The van der Waals surface area contributed by atoms with Crippen LogP contribution >= 0.6 is 0 Å². The summed E-state index contributed by atoms with van der Waals surface area (Å²) in [4.78, 5) is 17.5. The van der Waals surface area contributed by atoms with Crippen LogP contribution in [0.1, 0.15) is 30.1 Å². The standard InChI is InChI=1S/C13H16N2O3/c1-3-15(4-2)8-11-14-10-7-5-6-9(13(16)17)12(10)18-11/h5-7H,3-4,8H2,1-2H3,(H,16,17). The van der Waals surface area contributed by atoms with Gasteiger partial charge in [-0.2, -0.15) is 0 Å². The Kier molecular flexibility index (Phi) is 3.62. The fraction of sp³-hybridized carbons (Fsp3) is 0.385. The van der Waals surface area contributed by atoms with Gasteiger partial charge in [0.2, 0.25) is 5.89 Å². The number of fused-ring (bicyclic) bond motifs is 1. The summed E-state index contributed by atoms with van der Waals surface area (Å²) in [5.41, 5.74) is 1.11. The fourth-order valence-corrected chi connectivity index (χ4v) is 1.87. The van der Waals surface area contributed by atoms with Crippen LogP contribution in [0.4, 0.5) is 0 Å². The largest absolute Gasteiger partial charge is 0.478 e. The van der Waals surface area contributed by atoms with E-state index in [1.165, 1.54) is 6.07 Å². The highest BCUT2D eigenvalue weighted by Gasteiger charge is 2.15. The number of carboxylic acids is 1. The first-order valence-electron chi connectivity index (χ1n) is 5.99. The average Bonchev–Trinajstić information content (AvgIpc) is 2.77. The van der Waals surface area contributed by atoms with Crippen LogP contribution in [0.5, 0.6) is 0 Å². The maximum Gasteiger partial charge on any atom is 0.339 e. The predicted octanol–water partition coefficient (Wildman–Crippen LogP) is 2.37. The van der Waals surface area contributed by atoms with Gasteiger partial charge in [0.1, 0.15) is 11.1 Å². The molecule has 1 aromatic heterocycles. The van der Waals surface area contributed by atoms with Gasteiger partial charge in [-0.1, -0.05) is 19.9 Å². The molecule has 1 N–H and O–H groups in total. The number of oxazole rings is 1. The van der Waals surface area contributed by atoms with Crippen molar-refractivity contribution >= 4 is 17.1 Å². The molecule has 1 heterocycles. The SMILES string of the molecule is CCN(CC)Cc1nc2cccc(C(=O)O)c2o1. The molecule has 0 bridgehead atoms. The number of benzene rings is 1. The van der Waals surface area contributed by atoms with Gasteiger partial charge in [0.15, 0.2) is 5.58 Å². The van der Waals surface area contributed by atoms with Crippen molar-refractivity contribution in [2.24, 2.45) is 0 Å². The van der Waals surface area contributed by atoms with Crippen molar-refractivity contribution in [1.29, 1.82) is 0 Å². The molecule has 0 atom stereocenters. The number of carbonyl (C=O) groups is 1. The second-order valence-electron chi connectivity index (χ2n) is 4.03. The lowest BCUT2D eigenvalue weighted by atomic mass is 10.2. The summed E-state index contributed by atoms with van der Waals surface area (Å²) in [6, 6.07) is 4.96. The molecule has 0 radical (unpaired) electrons. The first-order valence-corrected chi connectivity index (χ1v) is 5.99. The van der Waals surface area contributed by atoms with Crippen LogP contribution in [0.25, 0.3) is 11.1 Å². The fourth-order valence-electron chi connectivity index (χ4n) is 1.87. The Balaban J connectivity index is 2.38. The number of nitrogens with zero attached hydrogens (tertiary/aromatic N) is 2. The Bertz CT molecular complexity index is 558. The van der Waals surface area contributed by atoms with Crippen molar-refractivity contribution in [2.45, 2.75) is 20.4 Å². The Morgan fingerprint density at radius 2 is 2.11 bits per heavy atom. The molecule has 2 rings (SSSR count). The van der Waals surface area contributed by atoms with E-state index >= 15 is 0 Å². The Labute approximate surface area is 105 Å². The zero-order valence-corrected chi connectivity index (χ0v) is 10.5. The molecule has 1 aromatic carbocycles. The molecule has 18 heavy (non-hydrogen) atoms. The van der Waals surface area contributed by atoms with Gasteiger partial charge in [-0.25, -0.2) is 9.78 Å². The minimum atomic E-state index is -0.994. The highest BCUT2D eigenvalue weighted by molar-refractivity contribution is 5.99. The number of rotatable bonds is 5. The second-order valence-corrected chi connectivity index (χ2v) is 4.03. The van der Waals surface area contributed by atoms with Gasteiger partial charge in [0.05, 0.1) is 6.54 Å². The van der Waals surface area contributed by atoms with Crippen LogP contribution in [0.2, 0.25) is 0 Å². The van der Waals surface area contributed by atoms with Crippen molar-refractivity contribution in [3.8, 4) is 0 Å². The van der Waals surface area contributed by atoms with E-state index in [-0.39, 0.29) is 5.56 Å². The number of carboxylic acid groups (broad SMARTS) is 1. The van der Waals surface area contributed by atoms with E-state index in [4.69, 9.17) is 9.52 Å². The molecule has 0 spiro atoms. The summed E-state index contributed by atoms with van der Waals surface area (Å²) in [5, 5.41) is 9.07. The van der Waals surface area contributed by atoms with Crippen LogP contribution in [0.15, 0.2) is 22.6 Å². The molecule has 0 unspecified atom stereocenters. The lowest BCUT2D eigenvalue weighted by Crippen LogP contribution is -2.22. The van der Waals surface area contributed by atoms with E-state index in [0.29, 0.717) is 23.5 Å². The normalized spacial score (nSPS) is 11.3. The minimum absolute atomic E-state index is 0.158. The van der Waals surface area contributed by atoms with Gasteiger partial charge >= 0.3 is 5.97 Å². The third-order valence-corrected chi connectivity index (χ3v) is 2.94. The molecule has 5 nitrogen and oxygen atoms in total. The summed E-state index contributed by atoms with van der Waals surface area (Å²) in [5.74, 6) is -0.437. The van der Waals surface area contributed by atoms with Crippen LogP contribution in [0.3, 0.4) is 0 Å². The average molecular weight is 248 g/mol. The summed E-state index contributed by atoms with van der Waals surface area (Å²) in [7, 11) is 0. The Morgan fingerprint density at radius 3 is 2.72 bits per heavy atom. The molecule has 0 fully saturated rings. The van der Waals surface area contributed by atoms with Gasteiger partial charge in [0.25, 0.3) is 0 Å². The molecule has 0 saturated heterocycles. The van der Waals surface area contributed by atoms with Crippen molar-refractivity contribution < 1.29 is 14.3 Å². The highest BCUT2D eigenvalue weighted by Crippen LogP contribution is 2.20. The topological polar surface area (TPSA) is 66.6 Å². The first-order chi connectivity index (χ1) is 8.65. The maximum absolute atomic E-state index is 11.1. The molecular formula is C13H16N2O3. The minimum Gasteiger partial charge on any atom is -0.478 e. The Morgan fingerprint density at radius 1 is 1.39 bits per heavy atom. The van der Waals surface area contributed by atoms with E-state index in [1.807, 2.05) is 0 Å². The second kappa shape index (κ2) is 5.18. The molecule has 0 saturated carbocycles. The third-order valence-electron chi connectivity index (χ3n) is 2.94. The van der Waals surface area contributed by atoms with E-state index < -0.39 is 5.97 Å². The van der Waals surface area contributed by atoms with E-state index in [9.17, 15) is 4.79 Å². The monoisotopic (exact) mass is 248 g/mol. The van der Waals surface area contributed by atoms with Crippen molar-refractivity contribution in [2.75, 3.05) is 13.1 Å². The summed E-state index contributed by atoms with van der Waals surface area (Å²) >= 11 is 0. The molecule has 5 heteroatoms. The van der Waals surface area contributed by atoms with Crippen molar-refractivity contribution in [1.82, 2.24) is 9.88 Å². The number of hydrogen-bond acceptors (Lipinski definition) is 4. The first kappa shape index (κ1) is 12.6. The zero-order chi connectivity index (χ0) is 13.1.